The van der Waals surface area contributed by atoms with Gasteiger partial charge in [0, 0.05) is 29.8 Å². The Balaban J connectivity index is 1.48. The minimum absolute atomic E-state index is 0.112. The van der Waals surface area contributed by atoms with Crippen molar-refractivity contribution in [2.24, 2.45) is 11.3 Å². The van der Waals surface area contributed by atoms with Crippen LogP contribution >= 0.6 is 0 Å². The molecular weight excluding hydrogens is 530 g/mol. The first-order valence-corrected chi connectivity index (χ1v) is 15.0. The lowest BCUT2D eigenvalue weighted by Gasteiger charge is -2.34. The number of hydrogen-bond donors (Lipinski definition) is 1. The van der Waals surface area contributed by atoms with Crippen LogP contribution in [0.2, 0.25) is 0 Å². The third-order valence-electron chi connectivity index (χ3n) is 7.74. The minimum Gasteiger partial charge on any atom is -0.495 e. The van der Waals surface area contributed by atoms with E-state index in [0.717, 1.165) is 24.8 Å². The number of pyridine rings is 1. The first-order valence-electron chi connectivity index (χ1n) is 13.5. The molecule has 0 unspecified atom stereocenters. The number of amides is 1. The van der Waals surface area contributed by atoms with Crippen LogP contribution in [0.5, 0.6) is 11.6 Å². The average molecular weight is 568 g/mol. The van der Waals surface area contributed by atoms with Gasteiger partial charge < -0.3 is 14.4 Å². The van der Waals surface area contributed by atoms with Gasteiger partial charge in [0.2, 0.25) is 5.88 Å². The summed E-state index contributed by atoms with van der Waals surface area (Å²) in [5.74, 6) is 1.17. The predicted octanol–water partition coefficient (Wildman–Crippen LogP) is 4.51. The fraction of sp³-hybridized carbons (Fsp3) is 0.483. The smallest absolute Gasteiger partial charge is 0.268 e. The van der Waals surface area contributed by atoms with Gasteiger partial charge in [0.15, 0.2) is 5.82 Å². The highest BCUT2D eigenvalue weighted by Gasteiger charge is 2.40. The van der Waals surface area contributed by atoms with Crippen molar-refractivity contribution in [1.82, 2.24) is 19.5 Å². The second-order valence-electron chi connectivity index (χ2n) is 12.1. The summed E-state index contributed by atoms with van der Waals surface area (Å²) in [4.78, 5) is 20.4. The second kappa shape index (κ2) is 10.1. The number of hydrogen-bond acceptors (Lipinski definition) is 8. The normalized spacial score (nSPS) is 19.4. The fourth-order valence-corrected chi connectivity index (χ4v) is 6.37. The van der Waals surface area contributed by atoms with E-state index in [9.17, 15) is 13.2 Å². The number of methoxy groups -OCH3 is 1. The molecule has 2 fully saturated rings. The number of rotatable bonds is 9. The Bertz CT molecular complexity index is 1540. The van der Waals surface area contributed by atoms with Crippen molar-refractivity contribution in [3.8, 4) is 17.4 Å². The quantitative estimate of drug-likeness (QED) is 0.402. The highest BCUT2D eigenvalue weighted by Crippen LogP contribution is 2.45. The molecule has 1 aromatic carbocycles. The van der Waals surface area contributed by atoms with E-state index in [-0.39, 0.29) is 27.2 Å². The third kappa shape index (κ3) is 5.65. The molecule has 11 heteroatoms. The predicted molar refractivity (Wildman–Crippen MR) is 152 cm³/mol. The highest BCUT2D eigenvalue weighted by atomic mass is 32.2. The maximum Gasteiger partial charge on any atom is 0.268 e. The molecule has 1 atom stereocenters. The van der Waals surface area contributed by atoms with Gasteiger partial charge in [-0.05, 0) is 75.8 Å². The van der Waals surface area contributed by atoms with Gasteiger partial charge in [-0.1, -0.05) is 19.9 Å². The number of benzene rings is 1. The molecule has 1 N–H and O–H groups in total. The van der Waals surface area contributed by atoms with Crippen molar-refractivity contribution in [1.29, 1.82) is 0 Å². The summed E-state index contributed by atoms with van der Waals surface area (Å²) in [6, 6.07) is 9.74. The molecule has 2 aromatic heterocycles. The summed E-state index contributed by atoms with van der Waals surface area (Å²) in [7, 11) is -2.83. The summed E-state index contributed by atoms with van der Waals surface area (Å²) >= 11 is 0. The summed E-state index contributed by atoms with van der Waals surface area (Å²) < 4.78 is 41.5. The Morgan fingerprint density at radius 3 is 2.55 bits per heavy atom. The van der Waals surface area contributed by atoms with Gasteiger partial charge in [-0.2, -0.15) is 0 Å². The van der Waals surface area contributed by atoms with Crippen LogP contribution in [-0.4, -0.2) is 54.9 Å². The van der Waals surface area contributed by atoms with Crippen LogP contribution in [0.1, 0.15) is 62.9 Å². The lowest BCUT2D eigenvalue weighted by Crippen LogP contribution is -2.41. The zero-order valence-corrected chi connectivity index (χ0v) is 24.7. The number of sulfonamides is 1. The van der Waals surface area contributed by atoms with Crippen LogP contribution in [0.15, 0.2) is 47.5 Å². The van der Waals surface area contributed by atoms with E-state index >= 15 is 0 Å². The van der Waals surface area contributed by atoms with E-state index in [4.69, 9.17) is 14.5 Å². The van der Waals surface area contributed by atoms with Crippen molar-refractivity contribution >= 4 is 21.7 Å². The standard InChI is InChI=1S/C29H37N5O5S/c1-19-7-9-23(22(15-19)38-6)40(36,37)32-27(35)21-8-10-24(30-26(21)33-17-20(2)16-28(33,3)4)34-14-11-25(31-34)39-18-29(5)12-13-29/h7-11,14-15,20H,12-13,16-18H2,1-6H3,(H,32,35)/t20-/m0/s1. The van der Waals surface area contributed by atoms with E-state index in [0.29, 0.717) is 36.6 Å². The van der Waals surface area contributed by atoms with Crippen LogP contribution in [0.3, 0.4) is 0 Å². The van der Waals surface area contributed by atoms with Gasteiger partial charge in [0.25, 0.3) is 15.9 Å². The number of nitrogens with one attached hydrogen (secondary N) is 1. The zero-order valence-electron chi connectivity index (χ0n) is 23.9. The van der Waals surface area contributed by atoms with E-state index in [1.54, 1.807) is 41.2 Å². The van der Waals surface area contributed by atoms with E-state index in [1.807, 2.05) is 6.92 Å². The highest BCUT2D eigenvalue weighted by molar-refractivity contribution is 7.90. The molecule has 1 aliphatic heterocycles. The van der Waals surface area contributed by atoms with Crippen LogP contribution in [0.4, 0.5) is 5.82 Å². The van der Waals surface area contributed by atoms with E-state index in [2.05, 4.69) is 42.4 Å². The molecule has 10 nitrogen and oxygen atoms in total. The van der Waals surface area contributed by atoms with Crippen LogP contribution in [-0.2, 0) is 10.0 Å². The maximum atomic E-state index is 13.6. The number of carbonyl (C=O) groups is 1. The van der Waals surface area contributed by atoms with Gasteiger partial charge in [-0.15, -0.1) is 5.10 Å². The number of aryl methyl sites for hydroxylation is 1. The summed E-state index contributed by atoms with van der Waals surface area (Å²) in [5.41, 5.74) is 0.928. The third-order valence-corrected chi connectivity index (χ3v) is 9.11. The Morgan fingerprint density at radius 1 is 1.15 bits per heavy atom. The second-order valence-corrected chi connectivity index (χ2v) is 13.7. The topological polar surface area (TPSA) is 116 Å². The molecule has 1 saturated heterocycles. The summed E-state index contributed by atoms with van der Waals surface area (Å²) in [6.07, 6.45) is 4.97. The van der Waals surface area contributed by atoms with Gasteiger partial charge in [-0.25, -0.2) is 22.8 Å². The molecule has 1 amide bonds. The Hall–Kier alpha value is -3.60. The minimum atomic E-state index is -4.22. The molecule has 214 valence electrons. The van der Waals surface area contributed by atoms with Crippen molar-refractivity contribution in [3.63, 3.8) is 0 Å². The van der Waals surface area contributed by atoms with Gasteiger partial charge in [0.05, 0.1) is 19.3 Å². The molecule has 3 heterocycles. The van der Waals surface area contributed by atoms with Crippen molar-refractivity contribution < 1.29 is 22.7 Å². The molecule has 0 bridgehead atoms. The van der Waals surface area contributed by atoms with Gasteiger partial charge in [-0.3, -0.25) is 4.79 Å². The number of nitrogens with zero attached hydrogens (tertiary/aromatic N) is 4. The zero-order chi connectivity index (χ0) is 28.9. The van der Waals surface area contributed by atoms with Crippen LogP contribution in [0, 0.1) is 18.3 Å². The van der Waals surface area contributed by atoms with Crippen molar-refractivity contribution in [3.05, 3.63) is 53.7 Å². The lowest BCUT2D eigenvalue weighted by molar-refractivity contribution is 0.0981. The Morgan fingerprint density at radius 2 is 1.90 bits per heavy atom. The largest absolute Gasteiger partial charge is 0.495 e. The molecule has 3 aromatic rings. The SMILES string of the molecule is COc1cc(C)ccc1S(=O)(=O)NC(=O)c1ccc(-n2ccc(OCC3(C)CC3)n2)nc1N1C[C@@H](C)CC1(C)C. The van der Waals surface area contributed by atoms with Crippen LogP contribution < -0.4 is 19.1 Å². The average Bonchev–Trinajstić information content (AvgIpc) is 3.31. The van der Waals surface area contributed by atoms with Gasteiger partial charge >= 0.3 is 0 Å². The first kappa shape index (κ1) is 27.9. The fourth-order valence-electron chi connectivity index (χ4n) is 5.25. The number of aromatic nitrogens is 3. The lowest BCUT2D eigenvalue weighted by atomic mass is 9.97. The van der Waals surface area contributed by atoms with Crippen molar-refractivity contribution in [2.45, 2.75) is 64.3 Å². The molecule has 0 radical (unpaired) electrons. The number of anilines is 1. The van der Waals surface area contributed by atoms with Gasteiger partial charge in [0.1, 0.15) is 16.5 Å². The molecular formula is C29H37N5O5S. The molecule has 2 aliphatic rings. The Kier molecular flexibility index (Phi) is 7.06. The molecule has 5 rings (SSSR count). The summed E-state index contributed by atoms with van der Waals surface area (Å²) in [5, 5.41) is 4.53. The first-order chi connectivity index (χ1) is 18.8. The van der Waals surface area contributed by atoms with Crippen LogP contribution in [0.25, 0.3) is 5.82 Å². The number of ether oxygens (including phenoxy) is 2. The van der Waals surface area contributed by atoms with E-state index < -0.39 is 15.9 Å². The Labute approximate surface area is 235 Å². The summed E-state index contributed by atoms with van der Waals surface area (Å²) in [6.45, 7) is 11.7. The molecule has 1 aliphatic carbocycles. The monoisotopic (exact) mass is 567 g/mol. The molecule has 40 heavy (non-hydrogen) atoms. The molecule has 1 saturated carbocycles. The molecule has 0 spiro atoms. The maximum absolute atomic E-state index is 13.6. The van der Waals surface area contributed by atoms with E-state index in [1.165, 1.54) is 13.2 Å². The number of carbonyl (C=O) groups excluding carboxylic acids is 1. The van der Waals surface area contributed by atoms with Crippen molar-refractivity contribution in [2.75, 3.05) is 25.2 Å².